The van der Waals surface area contributed by atoms with Gasteiger partial charge in [0.1, 0.15) is 12.6 Å². The van der Waals surface area contributed by atoms with Gasteiger partial charge < -0.3 is 14.0 Å². The van der Waals surface area contributed by atoms with Crippen molar-refractivity contribution in [2.75, 3.05) is 27.6 Å². The van der Waals surface area contributed by atoms with E-state index in [9.17, 15) is 19.1 Å². The minimum Gasteiger partial charge on any atom is -0.337 e. The molecule has 5 atom stereocenters. The molecule has 0 aliphatic carbocycles. The van der Waals surface area contributed by atoms with Crippen molar-refractivity contribution < 1.29 is 27.7 Å². The number of nitroso groups, excluding NO2 is 1. The molecule has 28 heavy (non-hydrogen) atoms. The number of nitrogens with one attached hydrogen (secondary N) is 1. The van der Waals surface area contributed by atoms with Gasteiger partial charge in [-0.05, 0) is 4.62 Å². The Morgan fingerprint density at radius 3 is 2.79 bits per heavy atom. The number of hydrogen-bond acceptors (Lipinski definition) is 11. The second kappa shape index (κ2) is 10.0. The third-order valence-electron chi connectivity index (χ3n) is 3.45. The lowest BCUT2D eigenvalue weighted by Crippen LogP contribution is -2.31. The van der Waals surface area contributed by atoms with E-state index in [-0.39, 0.29) is 6.42 Å². The summed E-state index contributed by atoms with van der Waals surface area (Å²) in [5, 5.41) is 1.36. The third-order valence-corrected chi connectivity index (χ3v) is 6.11. The summed E-state index contributed by atoms with van der Waals surface area (Å²) >= 11 is 5.11. The number of hydrogen-bond donors (Lipinski definition) is 1. The van der Waals surface area contributed by atoms with Gasteiger partial charge in [-0.25, -0.2) is 4.79 Å². The Hall–Kier alpha value is -1.21. The summed E-state index contributed by atoms with van der Waals surface area (Å²) in [6.07, 6.45) is -2.13. The van der Waals surface area contributed by atoms with Crippen molar-refractivity contribution in [3.63, 3.8) is 0 Å². The first-order chi connectivity index (χ1) is 13.2. The van der Waals surface area contributed by atoms with Crippen molar-refractivity contribution >= 4 is 26.5 Å². The molecular formula is C12H19N4O9P2S+. The Morgan fingerprint density at radius 1 is 1.50 bits per heavy atom. The number of H-pyrrole nitrogens is 1. The first kappa shape index (κ1) is 23.1. The molecule has 1 aliphatic heterocycles. The van der Waals surface area contributed by atoms with E-state index in [0.29, 0.717) is 0 Å². The van der Waals surface area contributed by atoms with Crippen LogP contribution in [0.2, 0.25) is 0 Å². The maximum atomic E-state index is 12.0. The van der Waals surface area contributed by atoms with Gasteiger partial charge in [-0.15, -0.1) is 14.5 Å². The highest BCUT2D eigenvalue weighted by Crippen LogP contribution is 2.48. The van der Waals surface area contributed by atoms with Gasteiger partial charge in [-0.2, -0.15) is 0 Å². The van der Waals surface area contributed by atoms with Crippen molar-refractivity contribution in [1.82, 2.24) is 14.6 Å². The highest BCUT2D eigenvalue weighted by atomic mass is 32.4. The van der Waals surface area contributed by atoms with Gasteiger partial charge in [-0.1, -0.05) is 0 Å². The first-order valence-corrected chi connectivity index (χ1v) is 11.7. The molecular weight excluding hydrogens is 438 g/mol. The molecule has 2 heterocycles. The molecule has 156 valence electrons. The molecule has 0 bridgehead atoms. The van der Waals surface area contributed by atoms with Crippen LogP contribution < -0.4 is 11.2 Å². The SMILES string of the molecule is COP(=O)(CO[C@H]1O[C@@H](n2ccc(=O)[nH]c2=O)C[C@@H]1O[P+](=S)ON(C)C)N=O. The number of aromatic nitrogens is 2. The van der Waals surface area contributed by atoms with Crippen LogP contribution in [0, 0.1) is 4.91 Å². The smallest absolute Gasteiger partial charge is 0.337 e. The zero-order valence-corrected chi connectivity index (χ0v) is 17.7. The van der Waals surface area contributed by atoms with E-state index >= 15 is 0 Å². The standard InChI is InChI=1S/C12H18N4O9P2S/c1-15(2)25-26(28)24-8-6-10(16-5-4-9(17)13-12(16)18)23-11(8)22-7-27(20,14-19)21-3/h4-5,8,10-11H,6-7H2,1-3H3/p+1/t8-,10+,11-,27?/m0/s1. The maximum Gasteiger partial charge on any atom is 0.541 e. The molecule has 1 aliphatic rings. The summed E-state index contributed by atoms with van der Waals surface area (Å²) in [5.74, 6) is 0. The molecule has 1 saturated heterocycles. The molecule has 2 unspecified atom stereocenters. The van der Waals surface area contributed by atoms with Crippen LogP contribution in [-0.2, 0) is 39.5 Å². The summed E-state index contributed by atoms with van der Waals surface area (Å²) in [4.78, 5) is 38.5. The lowest BCUT2D eigenvalue weighted by molar-refractivity contribution is -0.164. The molecule has 2 rings (SSSR count). The number of rotatable bonds is 10. The van der Waals surface area contributed by atoms with E-state index in [4.69, 9.17) is 30.4 Å². The minimum absolute atomic E-state index is 0.106. The second-order valence-electron chi connectivity index (χ2n) is 5.67. The Bertz CT molecular complexity index is 875. The van der Waals surface area contributed by atoms with Crippen molar-refractivity contribution in [3.8, 4) is 0 Å². The van der Waals surface area contributed by atoms with Gasteiger partial charge in [0.15, 0.2) is 12.4 Å². The lowest BCUT2D eigenvalue weighted by Gasteiger charge is -2.17. The number of aromatic amines is 1. The molecule has 1 aromatic rings. The predicted molar refractivity (Wildman–Crippen MR) is 100 cm³/mol. The fourth-order valence-electron chi connectivity index (χ4n) is 2.22. The van der Waals surface area contributed by atoms with Gasteiger partial charge in [0, 0.05) is 44.8 Å². The Morgan fingerprint density at radius 2 is 2.21 bits per heavy atom. The highest BCUT2D eigenvalue weighted by Gasteiger charge is 2.44. The zero-order valence-electron chi connectivity index (χ0n) is 15.1. The molecule has 13 nitrogen and oxygen atoms in total. The third kappa shape index (κ3) is 6.14. The number of ether oxygens (including phenoxy) is 2. The quantitative estimate of drug-likeness (QED) is 0.305. The van der Waals surface area contributed by atoms with Gasteiger partial charge in [-0.3, -0.25) is 18.9 Å². The molecule has 1 N–H and O–H groups in total. The van der Waals surface area contributed by atoms with Crippen LogP contribution in [0.4, 0.5) is 0 Å². The molecule has 16 heteroatoms. The van der Waals surface area contributed by atoms with Crippen LogP contribution in [0.1, 0.15) is 12.6 Å². The van der Waals surface area contributed by atoms with E-state index in [1.165, 1.54) is 11.3 Å². The molecule has 0 saturated carbocycles. The monoisotopic (exact) mass is 457 g/mol. The fourth-order valence-corrected chi connectivity index (χ4v) is 4.22. The van der Waals surface area contributed by atoms with Crippen LogP contribution in [0.5, 0.6) is 0 Å². The van der Waals surface area contributed by atoms with Crippen molar-refractivity contribution in [2.45, 2.75) is 25.0 Å². The van der Waals surface area contributed by atoms with E-state index < -0.39 is 50.9 Å². The van der Waals surface area contributed by atoms with Crippen LogP contribution in [0.25, 0.3) is 0 Å². The van der Waals surface area contributed by atoms with E-state index in [2.05, 4.69) is 14.5 Å². The summed E-state index contributed by atoms with van der Waals surface area (Å²) in [5.41, 5.74) is -1.26. The summed E-state index contributed by atoms with van der Waals surface area (Å²) in [7, 11) is -1.37. The fraction of sp³-hybridized carbons (Fsp3) is 0.667. The summed E-state index contributed by atoms with van der Waals surface area (Å²) in [6.45, 7) is 0. The normalized spacial score (nSPS) is 24.9. The van der Waals surface area contributed by atoms with Gasteiger partial charge in [0.2, 0.25) is 11.8 Å². The number of hydroxylamine groups is 2. The lowest BCUT2D eigenvalue weighted by atomic mass is 10.2. The second-order valence-corrected chi connectivity index (χ2v) is 9.45. The summed E-state index contributed by atoms with van der Waals surface area (Å²) < 4.78 is 39.5. The zero-order chi connectivity index (χ0) is 20.9. The van der Waals surface area contributed by atoms with E-state index in [1.807, 2.05) is 0 Å². The van der Waals surface area contributed by atoms with Crippen LogP contribution in [-0.4, -0.2) is 54.6 Å². The van der Waals surface area contributed by atoms with Crippen LogP contribution in [0.3, 0.4) is 0 Å². The Labute approximate surface area is 164 Å². The van der Waals surface area contributed by atoms with Gasteiger partial charge in [0.05, 0.1) is 0 Å². The predicted octanol–water partition coefficient (Wildman–Crippen LogP) is 1.01. The maximum absolute atomic E-state index is 12.0. The van der Waals surface area contributed by atoms with Crippen molar-refractivity contribution in [1.29, 1.82) is 0 Å². The van der Waals surface area contributed by atoms with Gasteiger partial charge >= 0.3 is 20.4 Å². The molecule has 0 amide bonds. The molecule has 1 aromatic heterocycles. The topological polar surface area (TPSA) is 151 Å². The van der Waals surface area contributed by atoms with Crippen LogP contribution in [0.15, 0.2) is 26.8 Å². The van der Waals surface area contributed by atoms with E-state index in [1.54, 1.807) is 14.1 Å². The first-order valence-electron chi connectivity index (χ1n) is 7.75. The minimum atomic E-state index is -3.89. The molecule has 0 spiro atoms. The average Bonchev–Trinajstić information content (AvgIpc) is 3.01. The molecule has 0 aromatic carbocycles. The average molecular weight is 457 g/mol. The number of nitrogens with zero attached hydrogens (tertiary/aromatic N) is 3. The van der Waals surface area contributed by atoms with E-state index in [0.717, 1.165) is 17.7 Å². The van der Waals surface area contributed by atoms with Crippen molar-refractivity contribution in [3.05, 3.63) is 38.0 Å². The van der Waals surface area contributed by atoms with Crippen molar-refractivity contribution in [2.24, 2.45) is 4.95 Å². The molecule has 0 radical (unpaired) electrons. The van der Waals surface area contributed by atoms with Crippen LogP contribution >= 0.6 is 14.7 Å². The Kier molecular flexibility index (Phi) is 8.25. The molecule has 1 fully saturated rings. The summed E-state index contributed by atoms with van der Waals surface area (Å²) in [6, 6.07) is 1.15. The Balaban J connectivity index is 2.18. The highest BCUT2D eigenvalue weighted by molar-refractivity contribution is 8.00. The largest absolute Gasteiger partial charge is 0.541 e. The van der Waals surface area contributed by atoms with Gasteiger partial charge in [0.25, 0.3) is 5.56 Å².